The number of thiophene rings is 1. The van der Waals surface area contributed by atoms with Crippen LogP contribution in [0.1, 0.15) is 37.4 Å². The summed E-state index contributed by atoms with van der Waals surface area (Å²) in [7, 11) is 0. The number of amides is 1. The summed E-state index contributed by atoms with van der Waals surface area (Å²) in [4.78, 5) is 24.1. The van der Waals surface area contributed by atoms with Gasteiger partial charge < -0.3 is 10.1 Å². The van der Waals surface area contributed by atoms with Crippen LogP contribution >= 0.6 is 11.3 Å². The Kier molecular flexibility index (Phi) is 4.90. The number of carbonyl (C=O) groups is 2. The van der Waals surface area contributed by atoms with E-state index < -0.39 is 11.7 Å². The Bertz CT molecular complexity index is 406. The molecule has 0 aromatic carbocycles. The number of carbonyl (C=O) groups excluding carboxylic acids is 2. The second-order valence-electron chi connectivity index (χ2n) is 5.13. The predicted octanol–water partition coefficient (Wildman–Crippen LogP) is 3.09. The summed E-state index contributed by atoms with van der Waals surface area (Å²) in [6.07, 6.45) is -0.492. The maximum Gasteiger partial charge on any atom is 0.407 e. The van der Waals surface area contributed by atoms with Gasteiger partial charge in [0, 0.05) is 12.5 Å². The van der Waals surface area contributed by atoms with Gasteiger partial charge in [0.25, 0.3) is 0 Å². The molecule has 0 radical (unpaired) electrons. The van der Waals surface area contributed by atoms with Crippen LogP contribution < -0.4 is 5.32 Å². The van der Waals surface area contributed by atoms with Crippen LogP contribution in [0.2, 0.25) is 0 Å². The maximum atomic E-state index is 11.9. The van der Waals surface area contributed by atoms with Crippen molar-refractivity contribution in [1.82, 2.24) is 5.32 Å². The Balaban J connectivity index is 2.40. The number of Topliss-reactive ketones (excluding diaryl/α,β-unsaturated/α-hetero) is 1. The molecule has 1 rings (SSSR count). The van der Waals surface area contributed by atoms with Crippen molar-refractivity contribution < 1.29 is 14.3 Å². The minimum absolute atomic E-state index is 0.0426. The first-order chi connectivity index (χ1) is 8.29. The number of hydrogen-bond acceptors (Lipinski definition) is 4. The van der Waals surface area contributed by atoms with Crippen LogP contribution in [0.25, 0.3) is 0 Å². The zero-order chi connectivity index (χ0) is 13.8. The first-order valence-corrected chi connectivity index (χ1v) is 6.72. The molecule has 0 fully saturated rings. The summed E-state index contributed by atoms with van der Waals surface area (Å²) in [5.74, 6) is -0.211. The molecule has 0 spiro atoms. The van der Waals surface area contributed by atoms with E-state index in [1.54, 1.807) is 33.8 Å². The summed E-state index contributed by atoms with van der Waals surface area (Å²) < 4.78 is 5.10. The standard InChI is InChI=1S/C13H19NO3S/c1-9(11(15)10-6-5-7-18-10)8-14-12(16)17-13(2,3)4/h5-7,9H,8H2,1-4H3,(H,14,16). The fourth-order valence-corrected chi connectivity index (χ4v) is 2.08. The van der Waals surface area contributed by atoms with Gasteiger partial charge in [0.1, 0.15) is 5.60 Å². The smallest absolute Gasteiger partial charge is 0.407 e. The summed E-state index contributed by atoms with van der Waals surface area (Å²) in [5.41, 5.74) is -0.523. The second-order valence-corrected chi connectivity index (χ2v) is 6.07. The number of ketones is 1. The lowest BCUT2D eigenvalue weighted by Crippen LogP contribution is -2.36. The molecule has 0 aliphatic carbocycles. The Hall–Kier alpha value is -1.36. The third kappa shape index (κ3) is 4.87. The molecule has 0 saturated heterocycles. The van der Waals surface area contributed by atoms with Crippen molar-refractivity contribution in [2.45, 2.75) is 33.3 Å². The van der Waals surface area contributed by atoms with Crippen LogP contribution in [-0.2, 0) is 4.74 Å². The van der Waals surface area contributed by atoms with Crippen molar-refractivity contribution in [3.63, 3.8) is 0 Å². The molecule has 4 nitrogen and oxygen atoms in total. The summed E-state index contributed by atoms with van der Waals surface area (Å²) in [6, 6.07) is 3.63. The summed E-state index contributed by atoms with van der Waals surface area (Å²) in [6.45, 7) is 7.47. The van der Waals surface area contributed by atoms with E-state index in [1.807, 2.05) is 11.4 Å². The lowest BCUT2D eigenvalue weighted by molar-refractivity contribution is 0.0520. The number of rotatable bonds is 4. The highest BCUT2D eigenvalue weighted by atomic mass is 32.1. The number of ether oxygens (including phenoxy) is 1. The van der Waals surface area contributed by atoms with Crippen LogP contribution in [0, 0.1) is 5.92 Å². The predicted molar refractivity (Wildman–Crippen MR) is 72.1 cm³/mol. The van der Waals surface area contributed by atoms with Gasteiger partial charge in [0.2, 0.25) is 0 Å². The fourth-order valence-electron chi connectivity index (χ4n) is 1.30. The van der Waals surface area contributed by atoms with Crippen LogP contribution in [0.4, 0.5) is 4.79 Å². The molecule has 18 heavy (non-hydrogen) atoms. The van der Waals surface area contributed by atoms with Gasteiger partial charge in [0.05, 0.1) is 4.88 Å². The SMILES string of the molecule is CC(CNC(=O)OC(C)(C)C)C(=O)c1cccs1. The first-order valence-electron chi connectivity index (χ1n) is 5.84. The van der Waals surface area contributed by atoms with E-state index in [-0.39, 0.29) is 18.2 Å². The van der Waals surface area contributed by atoms with Crippen molar-refractivity contribution in [3.05, 3.63) is 22.4 Å². The van der Waals surface area contributed by atoms with Gasteiger partial charge in [0.15, 0.2) is 5.78 Å². The molecule has 0 aliphatic heterocycles. The Morgan fingerprint density at radius 3 is 2.61 bits per heavy atom. The van der Waals surface area contributed by atoms with E-state index in [4.69, 9.17) is 4.74 Å². The first kappa shape index (κ1) is 14.7. The van der Waals surface area contributed by atoms with Crippen molar-refractivity contribution in [2.24, 2.45) is 5.92 Å². The maximum absolute atomic E-state index is 11.9. The van der Waals surface area contributed by atoms with Gasteiger partial charge in [-0.3, -0.25) is 4.79 Å². The zero-order valence-corrected chi connectivity index (χ0v) is 12.0. The van der Waals surface area contributed by atoms with Crippen LogP contribution in [0.3, 0.4) is 0 Å². The molecule has 1 unspecified atom stereocenters. The lowest BCUT2D eigenvalue weighted by Gasteiger charge is -2.20. The summed E-state index contributed by atoms with van der Waals surface area (Å²) >= 11 is 1.41. The number of hydrogen-bond donors (Lipinski definition) is 1. The van der Waals surface area contributed by atoms with E-state index in [0.29, 0.717) is 4.88 Å². The van der Waals surface area contributed by atoms with Crippen molar-refractivity contribution in [2.75, 3.05) is 6.54 Å². The minimum atomic E-state index is -0.523. The van der Waals surface area contributed by atoms with Gasteiger partial charge in [-0.05, 0) is 32.2 Å². The molecule has 0 aliphatic rings. The molecule has 1 atom stereocenters. The highest BCUT2D eigenvalue weighted by Crippen LogP contribution is 2.14. The second kappa shape index (κ2) is 6.00. The molecule has 0 bridgehead atoms. The number of nitrogens with one attached hydrogen (secondary N) is 1. The Labute approximate surface area is 111 Å². The quantitative estimate of drug-likeness (QED) is 0.855. The molecule has 5 heteroatoms. The third-order valence-corrected chi connectivity index (χ3v) is 3.05. The molecule has 100 valence electrons. The van der Waals surface area contributed by atoms with E-state index in [1.165, 1.54) is 11.3 Å². The number of alkyl carbamates (subject to hydrolysis) is 1. The Morgan fingerprint density at radius 2 is 2.11 bits per heavy atom. The third-order valence-electron chi connectivity index (χ3n) is 2.16. The van der Waals surface area contributed by atoms with Crippen LogP contribution in [-0.4, -0.2) is 24.0 Å². The molecule has 1 amide bonds. The van der Waals surface area contributed by atoms with Crippen LogP contribution in [0.15, 0.2) is 17.5 Å². The van der Waals surface area contributed by atoms with Gasteiger partial charge in [-0.25, -0.2) is 4.79 Å². The largest absolute Gasteiger partial charge is 0.444 e. The van der Waals surface area contributed by atoms with E-state index in [9.17, 15) is 9.59 Å². The molecule has 1 N–H and O–H groups in total. The fraction of sp³-hybridized carbons (Fsp3) is 0.538. The van der Waals surface area contributed by atoms with Gasteiger partial charge >= 0.3 is 6.09 Å². The average molecular weight is 269 g/mol. The monoisotopic (exact) mass is 269 g/mol. The van der Waals surface area contributed by atoms with Gasteiger partial charge in [-0.15, -0.1) is 11.3 Å². The van der Waals surface area contributed by atoms with Gasteiger partial charge in [-0.1, -0.05) is 13.0 Å². The molecule has 1 heterocycles. The lowest BCUT2D eigenvalue weighted by atomic mass is 10.1. The average Bonchev–Trinajstić information content (AvgIpc) is 2.75. The topological polar surface area (TPSA) is 55.4 Å². The van der Waals surface area contributed by atoms with E-state index >= 15 is 0 Å². The highest BCUT2D eigenvalue weighted by molar-refractivity contribution is 7.12. The summed E-state index contributed by atoms with van der Waals surface area (Å²) in [5, 5.41) is 4.47. The van der Waals surface area contributed by atoms with Crippen molar-refractivity contribution in [1.29, 1.82) is 0 Å². The van der Waals surface area contributed by atoms with E-state index in [2.05, 4.69) is 5.32 Å². The van der Waals surface area contributed by atoms with Crippen molar-refractivity contribution in [3.8, 4) is 0 Å². The molecular weight excluding hydrogens is 250 g/mol. The Morgan fingerprint density at radius 1 is 1.44 bits per heavy atom. The van der Waals surface area contributed by atoms with Crippen LogP contribution in [0.5, 0.6) is 0 Å². The molecule has 1 aromatic heterocycles. The molecular formula is C13H19NO3S. The zero-order valence-electron chi connectivity index (χ0n) is 11.1. The molecule has 1 aromatic rings. The van der Waals surface area contributed by atoms with Gasteiger partial charge in [-0.2, -0.15) is 0 Å². The highest BCUT2D eigenvalue weighted by Gasteiger charge is 2.19. The minimum Gasteiger partial charge on any atom is -0.444 e. The van der Waals surface area contributed by atoms with E-state index in [0.717, 1.165) is 0 Å². The molecule has 0 saturated carbocycles. The normalized spacial score (nSPS) is 12.9. The van der Waals surface area contributed by atoms with Crippen molar-refractivity contribution >= 4 is 23.2 Å².